The summed E-state index contributed by atoms with van der Waals surface area (Å²) in [6.45, 7) is 2.24. The molecule has 63 heavy (non-hydrogen) atoms. The molecular formula is C46H51N9O7S. The summed E-state index contributed by atoms with van der Waals surface area (Å²) in [5.41, 5.74) is 11.6. The molecule has 0 saturated carbocycles. The number of pyridine rings is 2. The number of anilines is 1. The molecule has 0 bridgehead atoms. The number of likely N-dealkylation sites (tertiary alicyclic amines) is 1. The predicted molar refractivity (Wildman–Crippen MR) is 240 cm³/mol. The summed E-state index contributed by atoms with van der Waals surface area (Å²) in [6.07, 6.45) is 10.7. The number of hydrogen-bond acceptors (Lipinski definition) is 11. The number of hydrogen-bond donors (Lipinski definition) is 4. The van der Waals surface area contributed by atoms with Crippen LogP contribution in [0.5, 0.6) is 0 Å². The molecule has 2 unspecified atom stereocenters. The fourth-order valence-electron chi connectivity index (χ4n) is 7.75. The Bertz CT molecular complexity index is 2500. The van der Waals surface area contributed by atoms with Gasteiger partial charge in [-0.1, -0.05) is 49.6 Å². The van der Waals surface area contributed by atoms with Crippen molar-refractivity contribution in [2.45, 2.75) is 88.7 Å². The van der Waals surface area contributed by atoms with Crippen LogP contribution in [0.3, 0.4) is 0 Å². The highest BCUT2D eigenvalue weighted by Gasteiger charge is 2.38. The molecule has 0 aliphatic carbocycles. The Labute approximate surface area is 368 Å². The molecule has 5 amide bonds. The number of fused-ring (bicyclic) bond motifs is 2. The molecular weight excluding hydrogens is 823 g/mol. The van der Waals surface area contributed by atoms with Gasteiger partial charge in [0, 0.05) is 86.5 Å². The van der Waals surface area contributed by atoms with E-state index in [1.54, 1.807) is 23.5 Å². The number of rotatable bonds is 20. The van der Waals surface area contributed by atoms with Crippen LogP contribution in [0.2, 0.25) is 0 Å². The average Bonchev–Trinajstić information content (AvgIpc) is 3.85. The topological polar surface area (TPSA) is 223 Å². The number of unbranched alkanes of at least 4 members (excludes halogenated alkanes) is 5. The van der Waals surface area contributed by atoms with Crippen LogP contribution in [0.25, 0.3) is 33.3 Å². The van der Waals surface area contributed by atoms with Gasteiger partial charge in [-0.25, -0.2) is 9.48 Å². The summed E-state index contributed by atoms with van der Waals surface area (Å²) in [7, 11) is 0. The van der Waals surface area contributed by atoms with E-state index in [4.69, 9.17) is 15.9 Å². The zero-order valence-electron chi connectivity index (χ0n) is 34.9. The molecule has 17 heteroatoms. The van der Waals surface area contributed by atoms with E-state index in [1.807, 2.05) is 66.7 Å². The van der Waals surface area contributed by atoms with Gasteiger partial charge in [-0.2, -0.15) is 5.10 Å². The first-order chi connectivity index (χ1) is 30.5. The number of nitrogens with two attached hydrogens (primary N) is 1. The monoisotopic (exact) mass is 873 g/mol. The van der Waals surface area contributed by atoms with Crippen LogP contribution in [0, 0.1) is 0 Å². The van der Waals surface area contributed by atoms with Crippen molar-refractivity contribution >= 4 is 58.1 Å². The Morgan fingerprint density at radius 3 is 2.44 bits per heavy atom. The molecule has 0 radical (unpaired) electrons. The van der Waals surface area contributed by atoms with E-state index in [2.05, 4.69) is 20.6 Å². The molecule has 1 saturated heterocycles. The summed E-state index contributed by atoms with van der Waals surface area (Å²) in [5, 5.41) is 20.0. The van der Waals surface area contributed by atoms with Gasteiger partial charge in [0.2, 0.25) is 17.7 Å². The van der Waals surface area contributed by atoms with E-state index in [9.17, 15) is 28.8 Å². The summed E-state index contributed by atoms with van der Waals surface area (Å²) in [6, 6.07) is 19.4. The first-order valence-corrected chi connectivity index (χ1v) is 22.4. The SMILES string of the molecule is NC(CSC1CC(=O)N(CCCCCC(=O)NCCCCCCn2nc(-c3ccc(NC(=O)N4Cc5ccncc5C4)cc3)cc(-c3cccc4ncccc34)c2=O)C1=O)C(=O)O. The zero-order chi connectivity index (χ0) is 44.3. The number of carbonyl (C=O) groups is 5. The molecule has 16 nitrogen and oxygen atoms in total. The van der Waals surface area contributed by atoms with Crippen molar-refractivity contribution in [3.8, 4) is 22.4 Å². The zero-order valence-corrected chi connectivity index (χ0v) is 35.7. The van der Waals surface area contributed by atoms with Crippen molar-refractivity contribution < 1.29 is 29.1 Å². The number of carboxylic acid groups (broad SMARTS) is 1. The third-order valence-corrected chi connectivity index (χ3v) is 12.6. The number of urea groups is 1. The van der Waals surface area contributed by atoms with Gasteiger partial charge in [0.25, 0.3) is 5.56 Å². The molecule has 1 fully saturated rings. The van der Waals surface area contributed by atoms with Gasteiger partial charge >= 0.3 is 12.0 Å². The predicted octanol–water partition coefficient (Wildman–Crippen LogP) is 5.58. The second-order valence-corrected chi connectivity index (χ2v) is 17.0. The number of benzene rings is 2. The second kappa shape index (κ2) is 21.1. The number of aliphatic carboxylic acids is 1. The molecule has 2 aliphatic rings. The standard InChI is InChI=1S/C46H51N9O7S/c47-37(45(60)61)29-63-40-25-42(57)54(44(40)59)22-6-3-4-13-41(56)50-19-5-1-2-7-23-55-43(58)36(34-10-8-12-38-35(34)11-9-20-49-38)24-39(52-55)30-14-16-33(17-15-30)51-46(62)53-27-31-18-21-48-26-32(31)28-53/h8-12,14-18,20-21,24,26,37,40H,1-7,13,19,22-23,25,27-29,47H2,(H,50,56)(H,51,62)(H,60,61). The maximum atomic E-state index is 14.0. The lowest BCUT2D eigenvalue weighted by Crippen LogP contribution is -2.35. The summed E-state index contributed by atoms with van der Waals surface area (Å²) < 4.78 is 1.53. The van der Waals surface area contributed by atoms with Crippen LogP contribution in [0.4, 0.5) is 10.5 Å². The highest BCUT2D eigenvalue weighted by molar-refractivity contribution is 8.00. The van der Waals surface area contributed by atoms with Crippen molar-refractivity contribution in [1.29, 1.82) is 0 Å². The van der Waals surface area contributed by atoms with Crippen molar-refractivity contribution in [2.75, 3.05) is 24.2 Å². The van der Waals surface area contributed by atoms with Crippen LogP contribution >= 0.6 is 11.8 Å². The first-order valence-electron chi connectivity index (χ1n) is 21.3. The molecule has 7 rings (SSSR count). The van der Waals surface area contributed by atoms with Crippen molar-refractivity contribution in [3.05, 3.63) is 107 Å². The maximum Gasteiger partial charge on any atom is 0.322 e. The summed E-state index contributed by atoms with van der Waals surface area (Å²) in [5.74, 6) is -1.73. The first kappa shape index (κ1) is 44.6. The lowest BCUT2D eigenvalue weighted by atomic mass is 10.00. The van der Waals surface area contributed by atoms with Crippen molar-refractivity contribution in [1.82, 2.24) is 34.9 Å². The van der Waals surface area contributed by atoms with Crippen LogP contribution < -0.4 is 21.9 Å². The van der Waals surface area contributed by atoms with Gasteiger partial charge in [-0.05, 0) is 78.8 Å². The Morgan fingerprint density at radius 1 is 0.857 bits per heavy atom. The fourth-order valence-corrected chi connectivity index (χ4v) is 8.87. The highest BCUT2D eigenvalue weighted by atomic mass is 32.2. The number of nitrogens with one attached hydrogen (secondary N) is 2. The molecule has 3 aromatic heterocycles. The van der Waals surface area contributed by atoms with E-state index in [0.717, 1.165) is 64.2 Å². The van der Waals surface area contributed by atoms with E-state index in [1.165, 1.54) is 9.58 Å². The van der Waals surface area contributed by atoms with Gasteiger partial charge < -0.3 is 26.4 Å². The minimum Gasteiger partial charge on any atom is -0.480 e. The van der Waals surface area contributed by atoms with E-state index < -0.39 is 17.3 Å². The lowest BCUT2D eigenvalue weighted by molar-refractivity contribution is -0.139. The lowest BCUT2D eigenvalue weighted by Gasteiger charge is -2.17. The van der Waals surface area contributed by atoms with E-state index in [0.29, 0.717) is 75.2 Å². The fraction of sp³-hybridized carbons (Fsp3) is 0.370. The molecule has 5 N–H and O–H groups in total. The van der Waals surface area contributed by atoms with Crippen LogP contribution in [0.15, 0.2) is 90.1 Å². The molecule has 2 atom stereocenters. The maximum absolute atomic E-state index is 14.0. The Morgan fingerprint density at radius 2 is 1.63 bits per heavy atom. The minimum absolute atomic E-state index is 0.0415. The minimum atomic E-state index is -1.15. The molecule has 0 spiro atoms. The van der Waals surface area contributed by atoms with Gasteiger partial charge in [-0.15, -0.1) is 11.8 Å². The van der Waals surface area contributed by atoms with E-state index in [-0.39, 0.29) is 48.0 Å². The quantitative estimate of drug-likeness (QED) is 0.0556. The average molecular weight is 874 g/mol. The number of thioether (sulfide) groups is 1. The van der Waals surface area contributed by atoms with Gasteiger partial charge in [0.1, 0.15) is 6.04 Å². The number of aryl methyl sites for hydroxylation is 1. The number of nitrogens with zero attached hydrogens (tertiary/aromatic N) is 6. The molecule has 5 heterocycles. The number of imide groups is 1. The number of carboxylic acids is 1. The Kier molecular flexibility index (Phi) is 14.9. The molecule has 2 aromatic carbocycles. The second-order valence-electron chi connectivity index (χ2n) is 15.8. The summed E-state index contributed by atoms with van der Waals surface area (Å²) >= 11 is 1.10. The smallest absolute Gasteiger partial charge is 0.322 e. The van der Waals surface area contributed by atoms with Gasteiger partial charge in [0.05, 0.1) is 22.0 Å². The van der Waals surface area contributed by atoms with Crippen LogP contribution in [-0.4, -0.2) is 94.5 Å². The molecule has 2 aliphatic heterocycles. The normalized spacial score (nSPS) is 15.2. The van der Waals surface area contributed by atoms with Gasteiger partial charge in [-0.3, -0.25) is 38.8 Å². The largest absolute Gasteiger partial charge is 0.480 e. The van der Waals surface area contributed by atoms with Gasteiger partial charge in [0.15, 0.2) is 0 Å². The third kappa shape index (κ3) is 11.3. The van der Waals surface area contributed by atoms with Crippen LogP contribution in [0.1, 0.15) is 68.9 Å². The molecule has 5 aromatic rings. The Balaban J connectivity index is 0.875. The number of carbonyl (C=O) groups excluding carboxylic acids is 4. The summed E-state index contributed by atoms with van der Waals surface area (Å²) in [4.78, 5) is 87.2. The number of amides is 5. The van der Waals surface area contributed by atoms with Crippen molar-refractivity contribution in [2.24, 2.45) is 5.73 Å². The molecule has 328 valence electrons. The van der Waals surface area contributed by atoms with Crippen LogP contribution in [-0.2, 0) is 38.8 Å². The number of aromatic nitrogens is 4. The third-order valence-electron chi connectivity index (χ3n) is 11.3. The van der Waals surface area contributed by atoms with E-state index >= 15 is 0 Å². The van der Waals surface area contributed by atoms with Crippen molar-refractivity contribution in [3.63, 3.8) is 0 Å². The highest BCUT2D eigenvalue weighted by Crippen LogP contribution is 2.30. The Hall–Kier alpha value is -6.46.